The van der Waals surface area contributed by atoms with Gasteiger partial charge in [-0.1, -0.05) is 24.6 Å². The van der Waals surface area contributed by atoms with Crippen LogP contribution in [0.4, 0.5) is 10.1 Å². The first-order valence-corrected chi connectivity index (χ1v) is 11.7. The van der Waals surface area contributed by atoms with Crippen molar-refractivity contribution < 1.29 is 23.9 Å². The number of halogens is 1. The number of anilines is 1. The summed E-state index contributed by atoms with van der Waals surface area (Å²) in [5.74, 6) is -1.56. The highest BCUT2D eigenvalue weighted by atomic mass is 19.1. The lowest BCUT2D eigenvalue weighted by Gasteiger charge is -2.48. The second-order valence-electron chi connectivity index (χ2n) is 9.27. The lowest BCUT2D eigenvalue weighted by molar-refractivity contribution is -0.142. The molecule has 3 aliphatic rings. The van der Waals surface area contributed by atoms with Gasteiger partial charge in [0.15, 0.2) is 0 Å². The van der Waals surface area contributed by atoms with Gasteiger partial charge >= 0.3 is 5.97 Å². The average Bonchev–Trinajstić information content (AvgIpc) is 3.53. The molecule has 2 fully saturated rings. The van der Waals surface area contributed by atoms with Crippen LogP contribution in [0.15, 0.2) is 48.5 Å². The second-order valence-corrected chi connectivity index (χ2v) is 9.27. The minimum atomic E-state index is -0.974. The van der Waals surface area contributed by atoms with Crippen LogP contribution in [0.2, 0.25) is 0 Å². The number of benzene rings is 2. The van der Waals surface area contributed by atoms with Crippen LogP contribution in [-0.2, 0) is 9.59 Å². The number of aliphatic carboxylic acids is 1. The number of fused-ring (bicyclic) bond motifs is 2. The van der Waals surface area contributed by atoms with Crippen molar-refractivity contribution in [2.45, 2.75) is 63.1 Å². The Hall–Kier alpha value is -3.22. The molecule has 2 aliphatic carbocycles. The van der Waals surface area contributed by atoms with Crippen LogP contribution in [0.5, 0.6) is 0 Å². The van der Waals surface area contributed by atoms with Crippen molar-refractivity contribution in [1.82, 2.24) is 4.90 Å². The minimum Gasteiger partial charge on any atom is -0.481 e. The standard InChI is InChI=1S/C26H27FN2O4/c27-17-10-8-16(9-11-17)26(33)29-21-6-2-1-4-19(21)25(20-5-3-7-22(20)29)28(18-12-13-18)23(30)14-15-24(31)32/h1-2,4,6,8-11,18,20,22,25H,3,5,7,12-15H2,(H,31,32). The Morgan fingerprint density at radius 1 is 0.970 bits per heavy atom. The molecular formula is C26H27FN2O4. The van der Waals surface area contributed by atoms with E-state index in [1.54, 1.807) is 0 Å². The first kappa shape index (κ1) is 21.6. The predicted molar refractivity (Wildman–Crippen MR) is 120 cm³/mol. The Kier molecular flexibility index (Phi) is 5.64. The molecule has 2 amide bonds. The van der Waals surface area contributed by atoms with Gasteiger partial charge in [-0.25, -0.2) is 4.39 Å². The van der Waals surface area contributed by atoms with E-state index in [9.17, 15) is 18.8 Å². The van der Waals surface area contributed by atoms with Crippen molar-refractivity contribution in [3.05, 3.63) is 65.5 Å². The molecule has 0 radical (unpaired) electrons. The zero-order chi connectivity index (χ0) is 23.1. The molecule has 1 aliphatic heterocycles. The first-order chi connectivity index (χ1) is 16.0. The third kappa shape index (κ3) is 4.01. The molecule has 2 aromatic rings. The summed E-state index contributed by atoms with van der Waals surface area (Å²) < 4.78 is 13.5. The van der Waals surface area contributed by atoms with Crippen LogP contribution in [0.1, 0.15) is 66.9 Å². The fourth-order valence-electron chi connectivity index (χ4n) is 5.65. The summed E-state index contributed by atoms with van der Waals surface area (Å²) in [5.41, 5.74) is 2.16. The number of carbonyl (C=O) groups excluding carboxylic acids is 2. The van der Waals surface area contributed by atoms with Gasteiger partial charge < -0.3 is 14.9 Å². The summed E-state index contributed by atoms with van der Waals surface area (Å²) in [6.07, 6.45) is 4.34. The molecule has 0 bridgehead atoms. The maximum atomic E-state index is 13.6. The van der Waals surface area contributed by atoms with Crippen LogP contribution in [0.25, 0.3) is 0 Å². The largest absolute Gasteiger partial charge is 0.481 e. The number of para-hydroxylation sites is 1. The molecule has 3 atom stereocenters. The Morgan fingerprint density at radius 3 is 2.39 bits per heavy atom. The number of carboxylic acid groups (broad SMARTS) is 1. The topological polar surface area (TPSA) is 77.9 Å². The van der Waals surface area contributed by atoms with Gasteiger partial charge in [-0.05, 0) is 61.6 Å². The smallest absolute Gasteiger partial charge is 0.303 e. The number of hydrogen-bond acceptors (Lipinski definition) is 3. The number of amides is 2. The normalized spacial score (nSPS) is 23.5. The van der Waals surface area contributed by atoms with E-state index in [2.05, 4.69) is 0 Å². The fourth-order valence-corrected chi connectivity index (χ4v) is 5.65. The van der Waals surface area contributed by atoms with E-state index in [1.165, 1.54) is 24.3 Å². The third-order valence-corrected chi connectivity index (χ3v) is 7.17. The highest BCUT2D eigenvalue weighted by molar-refractivity contribution is 6.07. The van der Waals surface area contributed by atoms with E-state index in [0.29, 0.717) is 5.56 Å². The van der Waals surface area contributed by atoms with Gasteiger partial charge in [-0.15, -0.1) is 0 Å². The van der Waals surface area contributed by atoms with Crippen molar-refractivity contribution in [2.24, 2.45) is 5.92 Å². The van der Waals surface area contributed by atoms with Crippen LogP contribution in [0.3, 0.4) is 0 Å². The van der Waals surface area contributed by atoms with E-state index >= 15 is 0 Å². The fraction of sp³-hybridized carbons (Fsp3) is 0.423. The minimum absolute atomic E-state index is 0.0138. The number of carbonyl (C=O) groups is 3. The van der Waals surface area contributed by atoms with E-state index in [-0.39, 0.29) is 54.5 Å². The van der Waals surface area contributed by atoms with Gasteiger partial charge in [0, 0.05) is 35.7 Å². The molecule has 0 spiro atoms. The van der Waals surface area contributed by atoms with Crippen LogP contribution in [-0.4, -0.2) is 39.9 Å². The second kappa shape index (κ2) is 8.61. The molecule has 3 unspecified atom stereocenters. The Bertz CT molecular complexity index is 1080. The SMILES string of the molecule is O=C(O)CCC(=O)N(C1CC1)C1c2ccccc2N(C(=O)c2ccc(F)cc2)C2CCCC21. The van der Waals surface area contributed by atoms with E-state index < -0.39 is 5.97 Å². The molecule has 5 rings (SSSR count). The van der Waals surface area contributed by atoms with Gasteiger partial charge in [0.25, 0.3) is 5.91 Å². The van der Waals surface area contributed by atoms with Crippen LogP contribution >= 0.6 is 0 Å². The summed E-state index contributed by atoms with van der Waals surface area (Å²) in [6, 6.07) is 13.3. The number of rotatable bonds is 6. The van der Waals surface area contributed by atoms with Crippen molar-refractivity contribution in [1.29, 1.82) is 0 Å². The summed E-state index contributed by atoms with van der Waals surface area (Å²) >= 11 is 0. The summed E-state index contributed by atoms with van der Waals surface area (Å²) in [5, 5.41) is 9.10. The quantitative estimate of drug-likeness (QED) is 0.700. The molecule has 0 aromatic heterocycles. The molecule has 1 heterocycles. The zero-order valence-corrected chi connectivity index (χ0v) is 18.3. The first-order valence-electron chi connectivity index (χ1n) is 11.7. The Balaban J connectivity index is 1.55. The van der Waals surface area contributed by atoms with Gasteiger partial charge in [-0.3, -0.25) is 14.4 Å². The van der Waals surface area contributed by atoms with Gasteiger partial charge in [0.1, 0.15) is 5.82 Å². The van der Waals surface area contributed by atoms with Gasteiger partial charge in [0.2, 0.25) is 5.91 Å². The monoisotopic (exact) mass is 450 g/mol. The molecule has 1 N–H and O–H groups in total. The maximum Gasteiger partial charge on any atom is 0.303 e. The Labute approximate surface area is 192 Å². The lowest BCUT2D eigenvalue weighted by atomic mass is 9.81. The average molecular weight is 451 g/mol. The molecule has 2 saturated carbocycles. The third-order valence-electron chi connectivity index (χ3n) is 7.17. The maximum absolute atomic E-state index is 13.6. The lowest BCUT2D eigenvalue weighted by Crippen LogP contribution is -2.52. The molecule has 33 heavy (non-hydrogen) atoms. The van der Waals surface area contributed by atoms with Crippen molar-refractivity contribution in [2.75, 3.05) is 4.90 Å². The van der Waals surface area contributed by atoms with E-state index in [1.807, 2.05) is 34.1 Å². The molecule has 0 saturated heterocycles. The summed E-state index contributed by atoms with van der Waals surface area (Å²) in [4.78, 5) is 41.7. The van der Waals surface area contributed by atoms with E-state index in [4.69, 9.17) is 5.11 Å². The van der Waals surface area contributed by atoms with E-state index in [0.717, 1.165) is 43.4 Å². The molecular weight excluding hydrogens is 423 g/mol. The highest BCUT2D eigenvalue weighted by Gasteiger charge is 2.51. The molecule has 6 nitrogen and oxygen atoms in total. The highest BCUT2D eigenvalue weighted by Crippen LogP contribution is 2.52. The van der Waals surface area contributed by atoms with Crippen molar-refractivity contribution >= 4 is 23.5 Å². The number of carboxylic acids is 1. The van der Waals surface area contributed by atoms with Gasteiger partial charge in [0.05, 0.1) is 12.5 Å². The van der Waals surface area contributed by atoms with Crippen molar-refractivity contribution in [3.8, 4) is 0 Å². The molecule has 2 aromatic carbocycles. The summed E-state index contributed by atoms with van der Waals surface area (Å²) in [7, 11) is 0. The Morgan fingerprint density at radius 2 is 1.70 bits per heavy atom. The van der Waals surface area contributed by atoms with Gasteiger partial charge in [-0.2, -0.15) is 0 Å². The molecule has 7 heteroatoms. The predicted octanol–water partition coefficient (Wildman–Crippen LogP) is 4.55. The van der Waals surface area contributed by atoms with Crippen molar-refractivity contribution in [3.63, 3.8) is 0 Å². The number of hydrogen-bond donors (Lipinski definition) is 1. The van der Waals surface area contributed by atoms with Crippen LogP contribution < -0.4 is 4.90 Å². The van der Waals surface area contributed by atoms with Crippen LogP contribution in [0, 0.1) is 11.7 Å². The molecule has 172 valence electrons. The summed E-state index contributed by atoms with van der Waals surface area (Å²) in [6.45, 7) is 0. The zero-order valence-electron chi connectivity index (χ0n) is 18.3. The number of nitrogens with zero attached hydrogens (tertiary/aromatic N) is 2.